The first kappa shape index (κ1) is 13.0. The van der Waals surface area contributed by atoms with Gasteiger partial charge in [-0.15, -0.1) is 0 Å². The molecule has 0 unspecified atom stereocenters. The van der Waals surface area contributed by atoms with E-state index in [-0.39, 0.29) is 11.5 Å². The molecule has 0 aliphatic carbocycles. The predicted octanol–water partition coefficient (Wildman–Crippen LogP) is 1.48. The fourth-order valence-corrected chi connectivity index (χ4v) is 1.74. The number of hydrogen-bond donors (Lipinski definition) is 0. The Morgan fingerprint density at radius 2 is 2.21 bits per heavy atom. The summed E-state index contributed by atoms with van der Waals surface area (Å²) in [5.74, 6) is 0.254. The molecule has 0 N–H and O–H groups in total. The maximum absolute atomic E-state index is 10.7. The largest absolute Gasteiger partial charge is 0.378 e. The standard InChI is InChI=1S/C12H12N4O3/c13-9-12(15-4-6-19-7-5-15)14-10-2-1-3-11(8-10)16(17)18/h1-3,8H,4-7H2. The first-order valence-electron chi connectivity index (χ1n) is 5.76. The Bertz CT molecular complexity index is 544. The highest BCUT2D eigenvalue weighted by Crippen LogP contribution is 2.20. The van der Waals surface area contributed by atoms with Gasteiger partial charge in [-0.2, -0.15) is 5.26 Å². The molecule has 19 heavy (non-hydrogen) atoms. The van der Waals surface area contributed by atoms with Gasteiger partial charge in [0.05, 0.1) is 23.8 Å². The van der Waals surface area contributed by atoms with Crippen molar-refractivity contribution in [1.29, 1.82) is 5.26 Å². The van der Waals surface area contributed by atoms with Crippen LogP contribution in [0.3, 0.4) is 0 Å². The van der Waals surface area contributed by atoms with E-state index in [1.807, 2.05) is 11.0 Å². The molecule has 7 heteroatoms. The van der Waals surface area contributed by atoms with Crippen molar-refractivity contribution in [3.63, 3.8) is 0 Å². The molecule has 1 aromatic carbocycles. The van der Waals surface area contributed by atoms with Gasteiger partial charge in [0.25, 0.3) is 5.69 Å². The Balaban J connectivity index is 2.24. The van der Waals surface area contributed by atoms with Crippen LogP contribution in [0.5, 0.6) is 0 Å². The van der Waals surface area contributed by atoms with E-state index in [4.69, 9.17) is 10.00 Å². The molecular weight excluding hydrogens is 248 g/mol. The van der Waals surface area contributed by atoms with Crippen LogP contribution in [0, 0.1) is 21.4 Å². The second-order valence-electron chi connectivity index (χ2n) is 3.92. The summed E-state index contributed by atoms with van der Waals surface area (Å²) in [6, 6.07) is 7.93. The lowest BCUT2D eigenvalue weighted by molar-refractivity contribution is -0.384. The van der Waals surface area contributed by atoms with E-state index in [2.05, 4.69) is 4.99 Å². The van der Waals surface area contributed by atoms with Crippen LogP contribution in [0.2, 0.25) is 0 Å². The van der Waals surface area contributed by atoms with Gasteiger partial charge in [-0.1, -0.05) is 6.07 Å². The Morgan fingerprint density at radius 3 is 2.84 bits per heavy atom. The predicted molar refractivity (Wildman–Crippen MR) is 68.2 cm³/mol. The Morgan fingerprint density at radius 1 is 1.47 bits per heavy atom. The number of morpholine rings is 1. The van der Waals surface area contributed by atoms with Gasteiger partial charge in [-0.25, -0.2) is 4.99 Å². The van der Waals surface area contributed by atoms with Gasteiger partial charge in [0.2, 0.25) is 5.84 Å². The Hall–Kier alpha value is -2.46. The van der Waals surface area contributed by atoms with Gasteiger partial charge in [0.1, 0.15) is 6.07 Å². The molecule has 1 fully saturated rings. The molecule has 0 aromatic heterocycles. The molecule has 0 amide bonds. The number of hydrogen-bond acceptors (Lipinski definition) is 5. The number of rotatable bonds is 2. The van der Waals surface area contributed by atoms with Gasteiger partial charge in [0.15, 0.2) is 0 Å². The zero-order chi connectivity index (χ0) is 13.7. The molecular formula is C12H12N4O3. The molecule has 7 nitrogen and oxygen atoms in total. The molecule has 98 valence electrons. The number of nitro groups is 1. The van der Waals surface area contributed by atoms with E-state index in [0.29, 0.717) is 32.0 Å². The van der Waals surface area contributed by atoms with Crippen LogP contribution in [0.4, 0.5) is 11.4 Å². The quantitative estimate of drug-likeness (QED) is 0.347. The van der Waals surface area contributed by atoms with Gasteiger partial charge in [-0.3, -0.25) is 10.1 Å². The fraction of sp³-hybridized carbons (Fsp3) is 0.333. The first-order valence-corrected chi connectivity index (χ1v) is 5.76. The maximum Gasteiger partial charge on any atom is 0.271 e. The number of non-ortho nitro benzene ring substituents is 1. The molecule has 2 rings (SSSR count). The highest BCUT2D eigenvalue weighted by atomic mass is 16.6. The van der Waals surface area contributed by atoms with Crippen molar-refractivity contribution in [1.82, 2.24) is 4.90 Å². The summed E-state index contributed by atoms with van der Waals surface area (Å²) in [6.45, 7) is 2.30. The number of nitriles is 1. The SMILES string of the molecule is N#CC(=Nc1cccc([N+](=O)[O-])c1)N1CCOCC1. The van der Waals surface area contributed by atoms with Crippen LogP contribution in [0.1, 0.15) is 0 Å². The third kappa shape index (κ3) is 3.26. The summed E-state index contributed by atoms with van der Waals surface area (Å²) < 4.78 is 5.20. The summed E-state index contributed by atoms with van der Waals surface area (Å²) in [5.41, 5.74) is 0.359. The van der Waals surface area contributed by atoms with Crippen molar-refractivity contribution in [2.45, 2.75) is 0 Å². The van der Waals surface area contributed by atoms with Crippen LogP contribution in [-0.2, 0) is 4.74 Å². The molecule has 1 aliphatic rings. The summed E-state index contributed by atoms with van der Waals surface area (Å²) >= 11 is 0. The molecule has 1 heterocycles. The van der Waals surface area contributed by atoms with Gasteiger partial charge >= 0.3 is 0 Å². The number of nitrogens with zero attached hydrogens (tertiary/aromatic N) is 4. The van der Waals surface area contributed by atoms with Gasteiger partial charge < -0.3 is 9.64 Å². The number of amidine groups is 1. The fourth-order valence-electron chi connectivity index (χ4n) is 1.74. The van der Waals surface area contributed by atoms with Crippen LogP contribution < -0.4 is 0 Å². The van der Waals surface area contributed by atoms with E-state index in [1.165, 1.54) is 12.1 Å². The smallest absolute Gasteiger partial charge is 0.271 e. The molecule has 0 spiro atoms. The second kappa shape index (κ2) is 5.93. The summed E-state index contributed by atoms with van der Waals surface area (Å²) in [6.07, 6.45) is 0. The lowest BCUT2D eigenvalue weighted by Gasteiger charge is -2.26. The number of nitro benzene ring substituents is 1. The molecule has 0 atom stereocenters. The van der Waals surface area contributed by atoms with Crippen LogP contribution >= 0.6 is 0 Å². The minimum absolute atomic E-state index is 0.0412. The lowest BCUT2D eigenvalue weighted by Crippen LogP contribution is -2.40. The maximum atomic E-state index is 10.7. The highest BCUT2D eigenvalue weighted by Gasteiger charge is 2.15. The normalized spacial score (nSPS) is 15.9. The zero-order valence-corrected chi connectivity index (χ0v) is 10.2. The van der Waals surface area contributed by atoms with Crippen molar-refractivity contribution < 1.29 is 9.66 Å². The Labute approximate surface area is 109 Å². The third-order valence-electron chi connectivity index (χ3n) is 2.69. The van der Waals surface area contributed by atoms with Crippen molar-refractivity contribution in [3.05, 3.63) is 34.4 Å². The zero-order valence-electron chi connectivity index (χ0n) is 10.2. The van der Waals surface area contributed by atoms with Crippen molar-refractivity contribution >= 4 is 17.2 Å². The van der Waals surface area contributed by atoms with Gasteiger partial charge in [0, 0.05) is 25.2 Å². The Kier molecular flexibility index (Phi) is 4.05. The summed E-state index contributed by atoms with van der Waals surface area (Å²) in [4.78, 5) is 16.2. The number of ether oxygens (including phenoxy) is 1. The topological polar surface area (TPSA) is 91.8 Å². The lowest BCUT2D eigenvalue weighted by atomic mass is 10.3. The monoisotopic (exact) mass is 260 g/mol. The molecule has 1 aromatic rings. The molecule has 1 saturated heterocycles. The van der Waals surface area contributed by atoms with Crippen LogP contribution in [0.25, 0.3) is 0 Å². The van der Waals surface area contributed by atoms with Crippen LogP contribution in [0.15, 0.2) is 29.3 Å². The van der Waals surface area contributed by atoms with E-state index in [1.54, 1.807) is 12.1 Å². The van der Waals surface area contributed by atoms with Crippen LogP contribution in [-0.4, -0.2) is 42.0 Å². The minimum atomic E-state index is -0.486. The average Bonchev–Trinajstić information content (AvgIpc) is 2.46. The van der Waals surface area contributed by atoms with E-state index >= 15 is 0 Å². The van der Waals surface area contributed by atoms with E-state index in [9.17, 15) is 10.1 Å². The first-order chi connectivity index (χ1) is 9.20. The highest BCUT2D eigenvalue weighted by molar-refractivity contribution is 5.98. The number of benzene rings is 1. The number of aliphatic imine (C=N–C) groups is 1. The second-order valence-corrected chi connectivity index (χ2v) is 3.92. The minimum Gasteiger partial charge on any atom is -0.378 e. The molecule has 0 bridgehead atoms. The van der Waals surface area contributed by atoms with Gasteiger partial charge in [-0.05, 0) is 6.07 Å². The van der Waals surface area contributed by atoms with E-state index in [0.717, 1.165) is 0 Å². The molecule has 1 aliphatic heterocycles. The third-order valence-corrected chi connectivity index (χ3v) is 2.69. The van der Waals surface area contributed by atoms with Crippen molar-refractivity contribution in [3.8, 4) is 6.07 Å². The molecule has 0 saturated carbocycles. The van der Waals surface area contributed by atoms with Crippen molar-refractivity contribution in [2.24, 2.45) is 4.99 Å². The summed E-state index contributed by atoms with van der Waals surface area (Å²) in [7, 11) is 0. The van der Waals surface area contributed by atoms with Crippen molar-refractivity contribution in [2.75, 3.05) is 26.3 Å². The van der Waals surface area contributed by atoms with E-state index < -0.39 is 4.92 Å². The average molecular weight is 260 g/mol. The summed E-state index contributed by atoms with van der Waals surface area (Å²) in [5, 5.41) is 19.8. The molecule has 0 radical (unpaired) electrons.